The zero-order chi connectivity index (χ0) is 19.2. The number of aryl methyl sites for hydroxylation is 2. The molecule has 0 aliphatic heterocycles. The van der Waals surface area contributed by atoms with Crippen LogP contribution >= 0.6 is 11.6 Å². The SMILES string of the molecule is COc1cc(CNc2ccc(C)cc2)c(Cl)cc1OCc1cccc(C)c1. The first-order valence-electron chi connectivity index (χ1n) is 8.90. The highest BCUT2D eigenvalue weighted by Gasteiger charge is 2.11. The first kappa shape index (κ1) is 19.1. The van der Waals surface area contributed by atoms with Gasteiger partial charge in [0.2, 0.25) is 0 Å². The predicted octanol–water partition coefficient (Wildman–Crippen LogP) is 6.16. The Balaban J connectivity index is 1.71. The second-order valence-corrected chi connectivity index (χ2v) is 7.00. The molecule has 27 heavy (non-hydrogen) atoms. The zero-order valence-electron chi connectivity index (χ0n) is 15.9. The molecule has 0 atom stereocenters. The van der Waals surface area contributed by atoms with Crippen LogP contribution in [0.15, 0.2) is 60.7 Å². The molecule has 0 saturated carbocycles. The molecule has 140 valence electrons. The summed E-state index contributed by atoms with van der Waals surface area (Å²) in [4.78, 5) is 0. The summed E-state index contributed by atoms with van der Waals surface area (Å²) in [6.45, 7) is 5.21. The minimum absolute atomic E-state index is 0.468. The average Bonchev–Trinajstić information content (AvgIpc) is 2.67. The van der Waals surface area contributed by atoms with Crippen molar-refractivity contribution in [2.75, 3.05) is 12.4 Å². The molecule has 0 heterocycles. The summed E-state index contributed by atoms with van der Waals surface area (Å²) in [5, 5.41) is 4.03. The highest BCUT2D eigenvalue weighted by Crippen LogP contribution is 2.34. The molecule has 3 aromatic rings. The Hall–Kier alpha value is -2.65. The molecule has 4 heteroatoms. The molecule has 3 rings (SSSR count). The number of benzene rings is 3. The maximum Gasteiger partial charge on any atom is 0.163 e. The van der Waals surface area contributed by atoms with Crippen LogP contribution in [0.2, 0.25) is 5.02 Å². The summed E-state index contributed by atoms with van der Waals surface area (Å²) in [6, 6.07) is 20.3. The normalized spacial score (nSPS) is 10.5. The van der Waals surface area contributed by atoms with Crippen molar-refractivity contribution < 1.29 is 9.47 Å². The van der Waals surface area contributed by atoms with Gasteiger partial charge in [-0.2, -0.15) is 0 Å². The van der Waals surface area contributed by atoms with Crippen molar-refractivity contribution >= 4 is 17.3 Å². The van der Waals surface area contributed by atoms with Crippen molar-refractivity contribution in [3.05, 3.63) is 87.9 Å². The minimum atomic E-state index is 0.468. The van der Waals surface area contributed by atoms with Crippen molar-refractivity contribution in [2.24, 2.45) is 0 Å². The Kier molecular flexibility index (Phi) is 6.25. The van der Waals surface area contributed by atoms with E-state index in [9.17, 15) is 0 Å². The van der Waals surface area contributed by atoms with Gasteiger partial charge in [0.05, 0.1) is 7.11 Å². The molecular formula is C23H24ClNO2. The molecule has 0 fully saturated rings. The summed E-state index contributed by atoms with van der Waals surface area (Å²) < 4.78 is 11.5. The molecule has 0 radical (unpaired) electrons. The molecule has 0 amide bonds. The molecule has 0 aliphatic carbocycles. The summed E-state index contributed by atoms with van der Waals surface area (Å²) >= 11 is 6.48. The largest absolute Gasteiger partial charge is 0.493 e. The number of rotatable bonds is 7. The van der Waals surface area contributed by atoms with E-state index in [1.807, 2.05) is 24.3 Å². The summed E-state index contributed by atoms with van der Waals surface area (Å²) in [5.74, 6) is 1.32. The van der Waals surface area contributed by atoms with E-state index in [-0.39, 0.29) is 0 Å². The lowest BCUT2D eigenvalue weighted by atomic mass is 10.1. The fourth-order valence-corrected chi connectivity index (χ4v) is 3.04. The fourth-order valence-electron chi connectivity index (χ4n) is 2.82. The Morgan fingerprint density at radius 2 is 1.67 bits per heavy atom. The molecule has 0 aliphatic rings. The van der Waals surface area contributed by atoms with Gasteiger partial charge in [-0.05, 0) is 43.2 Å². The monoisotopic (exact) mass is 381 g/mol. The van der Waals surface area contributed by atoms with E-state index in [1.54, 1.807) is 7.11 Å². The maximum absolute atomic E-state index is 6.48. The number of ether oxygens (including phenoxy) is 2. The van der Waals surface area contributed by atoms with E-state index in [0.717, 1.165) is 16.8 Å². The zero-order valence-corrected chi connectivity index (χ0v) is 16.6. The summed E-state index contributed by atoms with van der Waals surface area (Å²) in [6.07, 6.45) is 0. The third kappa shape index (κ3) is 5.18. The molecule has 0 aromatic heterocycles. The Morgan fingerprint density at radius 3 is 2.37 bits per heavy atom. The molecular weight excluding hydrogens is 358 g/mol. The van der Waals surface area contributed by atoms with Crippen LogP contribution in [0.1, 0.15) is 22.3 Å². The number of hydrogen-bond donors (Lipinski definition) is 1. The lowest BCUT2D eigenvalue weighted by Crippen LogP contribution is -2.03. The van der Waals surface area contributed by atoms with E-state index >= 15 is 0 Å². The van der Waals surface area contributed by atoms with E-state index in [2.05, 4.69) is 55.6 Å². The molecule has 0 saturated heterocycles. The summed E-state index contributed by atoms with van der Waals surface area (Å²) in [7, 11) is 1.64. The average molecular weight is 382 g/mol. The number of hydrogen-bond acceptors (Lipinski definition) is 3. The number of nitrogens with one attached hydrogen (secondary N) is 1. The van der Waals surface area contributed by atoms with Crippen LogP contribution in [0.25, 0.3) is 0 Å². The Morgan fingerprint density at radius 1 is 0.889 bits per heavy atom. The summed E-state index contributed by atoms with van der Waals surface area (Å²) in [5.41, 5.74) is 5.56. The third-order valence-electron chi connectivity index (χ3n) is 4.34. The van der Waals surface area contributed by atoms with Gasteiger partial charge in [-0.3, -0.25) is 0 Å². The predicted molar refractivity (Wildman–Crippen MR) is 112 cm³/mol. The molecule has 0 bridgehead atoms. The van der Waals surface area contributed by atoms with Crippen LogP contribution in [0.4, 0.5) is 5.69 Å². The highest BCUT2D eigenvalue weighted by atomic mass is 35.5. The number of methoxy groups -OCH3 is 1. The second-order valence-electron chi connectivity index (χ2n) is 6.59. The van der Waals surface area contributed by atoms with Crippen molar-refractivity contribution in [3.8, 4) is 11.5 Å². The van der Waals surface area contributed by atoms with Gasteiger partial charge in [-0.25, -0.2) is 0 Å². The fraction of sp³-hybridized carbons (Fsp3) is 0.217. The van der Waals surface area contributed by atoms with E-state index in [4.69, 9.17) is 21.1 Å². The van der Waals surface area contributed by atoms with Gasteiger partial charge in [-0.15, -0.1) is 0 Å². The molecule has 3 aromatic carbocycles. The van der Waals surface area contributed by atoms with Crippen molar-refractivity contribution in [1.82, 2.24) is 0 Å². The first-order valence-corrected chi connectivity index (χ1v) is 9.28. The lowest BCUT2D eigenvalue weighted by molar-refractivity contribution is 0.284. The maximum atomic E-state index is 6.48. The van der Waals surface area contributed by atoms with Crippen LogP contribution in [0.5, 0.6) is 11.5 Å². The van der Waals surface area contributed by atoms with Crippen LogP contribution in [0.3, 0.4) is 0 Å². The van der Waals surface area contributed by atoms with Gasteiger partial charge in [0.25, 0.3) is 0 Å². The van der Waals surface area contributed by atoms with Gasteiger partial charge in [0, 0.05) is 23.3 Å². The number of halogens is 1. The Bertz CT molecular complexity index is 907. The van der Waals surface area contributed by atoms with Crippen molar-refractivity contribution in [1.29, 1.82) is 0 Å². The van der Waals surface area contributed by atoms with Gasteiger partial charge >= 0.3 is 0 Å². The topological polar surface area (TPSA) is 30.5 Å². The van der Waals surface area contributed by atoms with E-state index < -0.39 is 0 Å². The molecule has 0 unspecified atom stereocenters. The number of anilines is 1. The van der Waals surface area contributed by atoms with Crippen LogP contribution < -0.4 is 14.8 Å². The van der Waals surface area contributed by atoms with Gasteiger partial charge in [-0.1, -0.05) is 59.1 Å². The van der Waals surface area contributed by atoms with Crippen molar-refractivity contribution in [2.45, 2.75) is 27.0 Å². The molecule has 1 N–H and O–H groups in total. The first-order chi connectivity index (χ1) is 13.0. The van der Waals surface area contributed by atoms with E-state index in [1.165, 1.54) is 11.1 Å². The van der Waals surface area contributed by atoms with E-state index in [0.29, 0.717) is 29.7 Å². The van der Waals surface area contributed by atoms with Gasteiger partial charge in [0.1, 0.15) is 6.61 Å². The minimum Gasteiger partial charge on any atom is -0.493 e. The second kappa shape index (κ2) is 8.83. The Labute approximate surface area is 165 Å². The standard InChI is InChI=1S/C23H24ClNO2/c1-16-7-9-20(10-8-16)25-14-19-12-22(26-3)23(13-21(19)24)27-15-18-6-4-5-17(2)11-18/h4-13,25H,14-15H2,1-3H3. The third-order valence-corrected chi connectivity index (χ3v) is 4.70. The lowest BCUT2D eigenvalue weighted by Gasteiger charge is -2.15. The quantitative estimate of drug-likeness (QED) is 0.531. The molecule has 0 spiro atoms. The van der Waals surface area contributed by atoms with Crippen LogP contribution in [-0.4, -0.2) is 7.11 Å². The van der Waals surface area contributed by atoms with Gasteiger partial charge < -0.3 is 14.8 Å². The smallest absolute Gasteiger partial charge is 0.163 e. The highest BCUT2D eigenvalue weighted by molar-refractivity contribution is 6.31. The van der Waals surface area contributed by atoms with Gasteiger partial charge in [0.15, 0.2) is 11.5 Å². The molecule has 3 nitrogen and oxygen atoms in total. The van der Waals surface area contributed by atoms with Crippen LogP contribution in [0, 0.1) is 13.8 Å². The van der Waals surface area contributed by atoms with Crippen molar-refractivity contribution in [3.63, 3.8) is 0 Å². The van der Waals surface area contributed by atoms with Crippen LogP contribution in [-0.2, 0) is 13.2 Å².